The minimum Gasteiger partial charge on any atom is -0.393 e. The standard InChI is InChI=1S/C13H22N4O/c1-8(18)4-3-7-15-12-9(2)11(14)16-13(17-12)10-5-6-10/h8,10,18H,3-7H2,1-2H3,(H3,14,15,16,17). The SMILES string of the molecule is Cc1c(N)nc(C2CC2)nc1NCCCC(C)O. The highest BCUT2D eigenvalue weighted by atomic mass is 16.3. The van der Waals surface area contributed by atoms with Crippen molar-refractivity contribution in [2.24, 2.45) is 0 Å². The molecule has 0 spiro atoms. The molecule has 0 aliphatic heterocycles. The molecule has 1 aromatic rings. The highest BCUT2D eigenvalue weighted by Gasteiger charge is 2.27. The van der Waals surface area contributed by atoms with E-state index in [4.69, 9.17) is 5.73 Å². The van der Waals surface area contributed by atoms with Gasteiger partial charge in [0.15, 0.2) is 0 Å². The van der Waals surface area contributed by atoms with Crippen molar-refractivity contribution < 1.29 is 5.11 Å². The van der Waals surface area contributed by atoms with Gasteiger partial charge in [-0.15, -0.1) is 0 Å². The molecule has 5 heteroatoms. The lowest BCUT2D eigenvalue weighted by molar-refractivity contribution is 0.183. The van der Waals surface area contributed by atoms with E-state index in [1.54, 1.807) is 6.92 Å². The average molecular weight is 250 g/mol. The third-order valence-corrected chi connectivity index (χ3v) is 3.23. The maximum Gasteiger partial charge on any atom is 0.136 e. The van der Waals surface area contributed by atoms with Crippen molar-refractivity contribution in [3.63, 3.8) is 0 Å². The maximum atomic E-state index is 9.20. The lowest BCUT2D eigenvalue weighted by Gasteiger charge is -2.12. The Bertz CT molecular complexity index is 416. The van der Waals surface area contributed by atoms with Crippen LogP contribution in [-0.4, -0.2) is 27.7 Å². The van der Waals surface area contributed by atoms with Crippen LogP contribution in [0.3, 0.4) is 0 Å². The first kappa shape index (κ1) is 13.1. The van der Waals surface area contributed by atoms with Crippen LogP contribution < -0.4 is 11.1 Å². The van der Waals surface area contributed by atoms with Crippen LogP contribution in [0, 0.1) is 6.92 Å². The number of nitrogens with one attached hydrogen (secondary N) is 1. The number of anilines is 2. The van der Waals surface area contributed by atoms with Gasteiger partial charge in [-0.1, -0.05) is 0 Å². The van der Waals surface area contributed by atoms with Crippen LogP contribution in [0.4, 0.5) is 11.6 Å². The van der Waals surface area contributed by atoms with E-state index in [0.29, 0.717) is 11.7 Å². The quantitative estimate of drug-likeness (QED) is 0.671. The van der Waals surface area contributed by atoms with E-state index in [-0.39, 0.29) is 6.10 Å². The van der Waals surface area contributed by atoms with Gasteiger partial charge in [0.05, 0.1) is 6.10 Å². The van der Waals surface area contributed by atoms with Gasteiger partial charge in [-0.05, 0) is 39.5 Å². The molecule has 2 rings (SSSR count). The van der Waals surface area contributed by atoms with Gasteiger partial charge in [0.1, 0.15) is 17.5 Å². The highest BCUT2D eigenvalue weighted by Crippen LogP contribution is 2.39. The molecule has 1 aromatic heterocycles. The molecule has 1 unspecified atom stereocenters. The second kappa shape index (κ2) is 5.52. The summed E-state index contributed by atoms with van der Waals surface area (Å²) in [6, 6.07) is 0. The van der Waals surface area contributed by atoms with E-state index in [0.717, 1.165) is 36.6 Å². The number of nitrogen functional groups attached to an aromatic ring is 1. The molecule has 5 nitrogen and oxygen atoms in total. The van der Waals surface area contributed by atoms with Gasteiger partial charge in [0.2, 0.25) is 0 Å². The molecular formula is C13H22N4O. The maximum absolute atomic E-state index is 9.20. The van der Waals surface area contributed by atoms with Gasteiger partial charge in [0, 0.05) is 18.0 Å². The largest absolute Gasteiger partial charge is 0.393 e. The van der Waals surface area contributed by atoms with Crippen molar-refractivity contribution in [2.45, 2.75) is 51.6 Å². The number of rotatable bonds is 6. The fraction of sp³-hybridized carbons (Fsp3) is 0.692. The molecule has 1 aliphatic carbocycles. The third kappa shape index (κ3) is 3.32. The van der Waals surface area contributed by atoms with E-state index in [1.807, 2.05) is 6.92 Å². The number of aromatic nitrogens is 2. The number of nitrogens with zero attached hydrogens (tertiary/aromatic N) is 2. The molecule has 4 N–H and O–H groups in total. The average Bonchev–Trinajstić information content (AvgIpc) is 3.13. The number of nitrogens with two attached hydrogens (primary N) is 1. The summed E-state index contributed by atoms with van der Waals surface area (Å²) in [6.45, 7) is 4.54. The molecule has 1 aliphatic rings. The van der Waals surface area contributed by atoms with Gasteiger partial charge in [-0.25, -0.2) is 9.97 Å². The summed E-state index contributed by atoms with van der Waals surface area (Å²) >= 11 is 0. The molecule has 1 fully saturated rings. The lowest BCUT2D eigenvalue weighted by Crippen LogP contribution is -2.11. The normalized spacial score (nSPS) is 16.6. The van der Waals surface area contributed by atoms with E-state index >= 15 is 0 Å². The van der Waals surface area contributed by atoms with E-state index in [9.17, 15) is 5.11 Å². The van der Waals surface area contributed by atoms with Crippen LogP contribution in [0.1, 0.15) is 49.9 Å². The Labute approximate surface area is 108 Å². The Hall–Kier alpha value is -1.36. The molecule has 100 valence electrons. The van der Waals surface area contributed by atoms with Gasteiger partial charge in [-0.3, -0.25) is 0 Å². The summed E-state index contributed by atoms with van der Waals surface area (Å²) in [5.74, 6) is 2.79. The molecule has 0 amide bonds. The second-order valence-corrected chi connectivity index (χ2v) is 5.13. The smallest absolute Gasteiger partial charge is 0.136 e. The van der Waals surface area contributed by atoms with E-state index in [2.05, 4.69) is 15.3 Å². The zero-order chi connectivity index (χ0) is 13.1. The number of hydrogen-bond acceptors (Lipinski definition) is 5. The zero-order valence-corrected chi connectivity index (χ0v) is 11.1. The molecule has 0 saturated heterocycles. The Kier molecular flexibility index (Phi) is 4.01. The summed E-state index contributed by atoms with van der Waals surface area (Å²) in [5.41, 5.74) is 6.82. The lowest BCUT2D eigenvalue weighted by atomic mass is 10.2. The van der Waals surface area contributed by atoms with Crippen molar-refractivity contribution in [3.05, 3.63) is 11.4 Å². The predicted octanol–water partition coefficient (Wildman–Crippen LogP) is 1.82. The second-order valence-electron chi connectivity index (χ2n) is 5.13. The summed E-state index contributed by atoms with van der Waals surface area (Å²) < 4.78 is 0. The topological polar surface area (TPSA) is 84.1 Å². The van der Waals surface area contributed by atoms with Crippen LogP contribution in [-0.2, 0) is 0 Å². The Morgan fingerprint density at radius 2 is 2.17 bits per heavy atom. The predicted molar refractivity (Wildman–Crippen MR) is 72.6 cm³/mol. The molecule has 18 heavy (non-hydrogen) atoms. The summed E-state index contributed by atoms with van der Waals surface area (Å²) in [4.78, 5) is 8.89. The van der Waals surface area contributed by atoms with Gasteiger partial charge in [-0.2, -0.15) is 0 Å². The van der Waals surface area contributed by atoms with E-state index in [1.165, 1.54) is 12.8 Å². The third-order valence-electron chi connectivity index (χ3n) is 3.23. The first-order chi connectivity index (χ1) is 8.58. The first-order valence-corrected chi connectivity index (χ1v) is 6.64. The summed E-state index contributed by atoms with van der Waals surface area (Å²) in [5, 5.41) is 12.5. The van der Waals surface area contributed by atoms with Gasteiger partial charge >= 0.3 is 0 Å². The van der Waals surface area contributed by atoms with Crippen molar-refractivity contribution in [1.29, 1.82) is 0 Å². The van der Waals surface area contributed by atoms with Crippen LogP contribution in [0.2, 0.25) is 0 Å². The summed E-state index contributed by atoms with van der Waals surface area (Å²) in [6.07, 6.45) is 3.81. The van der Waals surface area contributed by atoms with E-state index < -0.39 is 0 Å². The molecule has 1 heterocycles. The Morgan fingerprint density at radius 3 is 2.78 bits per heavy atom. The van der Waals surface area contributed by atoms with Crippen LogP contribution in [0.25, 0.3) is 0 Å². The van der Waals surface area contributed by atoms with Crippen LogP contribution in [0.5, 0.6) is 0 Å². The van der Waals surface area contributed by atoms with Gasteiger partial charge in [0.25, 0.3) is 0 Å². The molecular weight excluding hydrogens is 228 g/mol. The Morgan fingerprint density at radius 1 is 1.44 bits per heavy atom. The number of hydrogen-bond donors (Lipinski definition) is 3. The Balaban J connectivity index is 1.97. The molecule has 0 radical (unpaired) electrons. The molecule has 1 atom stereocenters. The zero-order valence-electron chi connectivity index (χ0n) is 11.1. The summed E-state index contributed by atoms with van der Waals surface area (Å²) in [7, 11) is 0. The minimum absolute atomic E-state index is 0.245. The van der Waals surface area contributed by atoms with Crippen molar-refractivity contribution in [2.75, 3.05) is 17.6 Å². The highest BCUT2D eigenvalue weighted by molar-refractivity contribution is 5.55. The van der Waals surface area contributed by atoms with Crippen molar-refractivity contribution >= 4 is 11.6 Å². The number of aliphatic hydroxyl groups excluding tert-OH is 1. The molecule has 1 saturated carbocycles. The molecule has 0 bridgehead atoms. The van der Waals surface area contributed by atoms with Crippen molar-refractivity contribution in [3.8, 4) is 0 Å². The van der Waals surface area contributed by atoms with Crippen LogP contribution >= 0.6 is 0 Å². The number of aliphatic hydroxyl groups is 1. The van der Waals surface area contributed by atoms with Crippen LogP contribution in [0.15, 0.2) is 0 Å². The fourth-order valence-corrected chi connectivity index (χ4v) is 1.85. The first-order valence-electron chi connectivity index (χ1n) is 6.64. The monoisotopic (exact) mass is 250 g/mol. The minimum atomic E-state index is -0.245. The fourth-order valence-electron chi connectivity index (χ4n) is 1.85. The van der Waals surface area contributed by atoms with Crippen molar-refractivity contribution in [1.82, 2.24) is 9.97 Å². The van der Waals surface area contributed by atoms with Gasteiger partial charge < -0.3 is 16.2 Å². The molecule has 0 aromatic carbocycles.